The summed E-state index contributed by atoms with van der Waals surface area (Å²) in [6.07, 6.45) is 1.60. The highest BCUT2D eigenvalue weighted by Crippen LogP contribution is 2.23. The number of ketones is 1. The lowest BCUT2D eigenvalue weighted by Gasteiger charge is -2.29. The molecule has 0 aliphatic carbocycles. The number of hydrogen-bond acceptors (Lipinski definition) is 3. The van der Waals surface area contributed by atoms with Crippen LogP contribution < -0.4 is 5.73 Å². The molecule has 1 rings (SSSR count). The Morgan fingerprint density at radius 1 is 1.32 bits per heavy atom. The number of carbonyl (C=O) groups is 2. The number of aryl methyl sites for hydroxylation is 1. The van der Waals surface area contributed by atoms with Gasteiger partial charge in [0, 0.05) is 24.8 Å². The van der Waals surface area contributed by atoms with Crippen LogP contribution in [0, 0.1) is 12.3 Å². The van der Waals surface area contributed by atoms with E-state index in [1.54, 1.807) is 18.9 Å². The predicted molar refractivity (Wildman–Crippen MR) is 89.3 cm³/mol. The van der Waals surface area contributed by atoms with Crippen LogP contribution in [0.5, 0.6) is 0 Å². The number of carbonyl (C=O) groups excluding carboxylic acids is 2. The Hall–Kier alpha value is -1.62. The van der Waals surface area contributed by atoms with Crippen molar-refractivity contribution >= 4 is 11.7 Å². The molecule has 1 aromatic heterocycles. The highest BCUT2D eigenvalue weighted by molar-refractivity contribution is 6.02. The Kier molecular flexibility index (Phi) is 5.94. The highest BCUT2D eigenvalue weighted by Gasteiger charge is 2.27. The number of aromatic amines is 1. The number of nitrogens with one attached hydrogen (secondary N) is 1. The van der Waals surface area contributed by atoms with Gasteiger partial charge in [-0.1, -0.05) is 27.2 Å². The summed E-state index contributed by atoms with van der Waals surface area (Å²) in [5.41, 5.74) is 8.43. The quantitative estimate of drug-likeness (QED) is 0.760. The van der Waals surface area contributed by atoms with Gasteiger partial charge in [-0.25, -0.2) is 0 Å². The second-order valence-electron chi connectivity index (χ2n) is 6.81. The van der Waals surface area contributed by atoms with Crippen LogP contribution in [0.1, 0.15) is 66.2 Å². The van der Waals surface area contributed by atoms with E-state index in [1.165, 1.54) is 0 Å². The van der Waals surface area contributed by atoms with Crippen molar-refractivity contribution in [1.29, 1.82) is 0 Å². The SMILES string of the molecule is CCCc1c(C(=O)N(C)CC(C)(C)CN)[nH]c(C)c1C(C)=O. The summed E-state index contributed by atoms with van der Waals surface area (Å²) in [5, 5.41) is 0. The van der Waals surface area contributed by atoms with Gasteiger partial charge in [0.15, 0.2) is 5.78 Å². The summed E-state index contributed by atoms with van der Waals surface area (Å²) in [6.45, 7) is 10.6. The minimum Gasteiger partial charge on any atom is -0.354 e. The predicted octanol–water partition coefficient (Wildman–Crippen LogP) is 2.54. The van der Waals surface area contributed by atoms with Gasteiger partial charge in [0.1, 0.15) is 5.69 Å². The summed E-state index contributed by atoms with van der Waals surface area (Å²) < 4.78 is 0. The smallest absolute Gasteiger partial charge is 0.270 e. The molecule has 0 atom stereocenters. The highest BCUT2D eigenvalue weighted by atomic mass is 16.2. The van der Waals surface area contributed by atoms with Crippen molar-refractivity contribution in [2.24, 2.45) is 11.1 Å². The molecule has 0 radical (unpaired) electrons. The first-order valence-electron chi connectivity index (χ1n) is 7.82. The lowest BCUT2D eigenvalue weighted by molar-refractivity contribution is 0.0734. The molecular weight excluding hydrogens is 278 g/mol. The van der Waals surface area contributed by atoms with Gasteiger partial charge in [0.25, 0.3) is 5.91 Å². The van der Waals surface area contributed by atoms with E-state index in [0.717, 1.165) is 17.7 Å². The molecule has 5 heteroatoms. The minimum atomic E-state index is -0.139. The average molecular weight is 307 g/mol. The van der Waals surface area contributed by atoms with Crippen molar-refractivity contribution in [2.75, 3.05) is 20.1 Å². The molecule has 1 amide bonds. The van der Waals surface area contributed by atoms with Gasteiger partial charge in [0.05, 0.1) is 0 Å². The first-order chi connectivity index (χ1) is 10.1. The molecule has 1 aromatic rings. The van der Waals surface area contributed by atoms with Gasteiger partial charge in [-0.2, -0.15) is 0 Å². The van der Waals surface area contributed by atoms with E-state index in [2.05, 4.69) is 4.98 Å². The molecule has 1 heterocycles. The minimum absolute atomic E-state index is 0.00110. The third-order valence-electron chi connectivity index (χ3n) is 3.92. The summed E-state index contributed by atoms with van der Waals surface area (Å²) in [5.74, 6) is -0.0817. The van der Waals surface area contributed by atoms with Gasteiger partial charge in [0.2, 0.25) is 0 Å². The largest absolute Gasteiger partial charge is 0.354 e. The second kappa shape index (κ2) is 7.09. The van der Waals surface area contributed by atoms with Gasteiger partial charge in [-0.05, 0) is 37.8 Å². The van der Waals surface area contributed by atoms with Crippen molar-refractivity contribution in [3.8, 4) is 0 Å². The lowest BCUT2D eigenvalue weighted by Crippen LogP contribution is -2.40. The van der Waals surface area contributed by atoms with Crippen LogP contribution in [-0.2, 0) is 6.42 Å². The van der Waals surface area contributed by atoms with Crippen LogP contribution >= 0.6 is 0 Å². The number of H-pyrrole nitrogens is 1. The van der Waals surface area contributed by atoms with Crippen molar-refractivity contribution in [3.63, 3.8) is 0 Å². The molecule has 0 aromatic carbocycles. The van der Waals surface area contributed by atoms with Crippen LogP contribution in [0.4, 0.5) is 0 Å². The Balaban J connectivity index is 3.17. The molecule has 0 bridgehead atoms. The monoisotopic (exact) mass is 307 g/mol. The summed E-state index contributed by atoms with van der Waals surface area (Å²) in [7, 11) is 1.78. The molecule has 124 valence electrons. The van der Waals surface area contributed by atoms with E-state index in [0.29, 0.717) is 30.8 Å². The van der Waals surface area contributed by atoms with Crippen molar-refractivity contribution in [3.05, 3.63) is 22.5 Å². The van der Waals surface area contributed by atoms with E-state index >= 15 is 0 Å². The third kappa shape index (κ3) is 3.97. The fraction of sp³-hybridized carbons (Fsp3) is 0.647. The Labute approximate surface area is 133 Å². The summed E-state index contributed by atoms with van der Waals surface area (Å²) in [6, 6.07) is 0. The molecule has 5 nitrogen and oxygen atoms in total. The maximum atomic E-state index is 12.8. The Bertz CT molecular complexity index is 558. The fourth-order valence-corrected chi connectivity index (χ4v) is 2.81. The van der Waals surface area contributed by atoms with Crippen LogP contribution in [0.3, 0.4) is 0 Å². The molecule has 0 aliphatic heterocycles. The molecule has 0 fully saturated rings. The van der Waals surface area contributed by atoms with E-state index in [9.17, 15) is 9.59 Å². The first kappa shape index (κ1) is 18.4. The van der Waals surface area contributed by atoms with Crippen LogP contribution in [0.25, 0.3) is 0 Å². The van der Waals surface area contributed by atoms with Crippen LogP contribution in [-0.4, -0.2) is 41.7 Å². The number of aromatic nitrogens is 1. The van der Waals surface area contributed by atoms with Gasteiger partial charge < -0.3 is 15.6 Å². The molecule has 0 aliphatic rings. The zero-order valence-corrected chi connectivity index (χ0v) is 14.7. The maximum absolute atomic E-state index is 12.8. The average Bonchev–Trinajstić information content (AvgIpc) is 2.74. The van der Waals surface area contributed by atoms with Crippen LogP contribution in [0.15, 0.2) is 0 Å². The topological polar surface area (TPSA) is 79.2 Å². The van der Waals surface area contributed by atoms with Crippen molar-refractivity contribution in [2.45, 2.75) is 47.5 Å². The third-order valence-corrected chi connectivity index (χ3v) is 3.92. The molecule has 0 saturated carbocycles. The second-order valence-corrected chi connectivity index (χ2v) is 6.81. The number of Topliss-reactive ketones (excluding diaryl/α,β-unsaturated/α-hetero) is 1. The molecule has 0 spiro atoms. The van der Waals surface area contributed by atoms with Crippen LogP contribution in [0.2, 0.25) is 0 Å². The standard InChI is InChI=1S/C17H29N3O2/c1-7-8-13-14(12(3)21)11(2)19-15(13)16(22)20(6)10-17(4,5)9-18/h19H,7-10,18H2,1-6H3. The number of nitrogens with zero attached hydrogens (tertiary/aromatic N) is 1. The number of rotatable bonds is 7. The number of nitrogens with two attached hydrogens (primary N) is 1. The van der Waals surface area contributed by atoms with E-state index in [-0.39, 0.29) is 17.1 Å². The maximum Gasteiger partial charge on any atom is 0.270 e. The van der Waals surface area contributed by atoms with Crippen molar-refractivity contribution in [1.82, 2.24) is 9.88 Å². The number of hydrogen-bond donors (Lipinski definition) is 2. The zero-order valence-electron chi connectivity index (χ0n) is 14.7. The van der Waals surface area contributed by atoms with Gasteiger partial charge in [-0.15, -0.1) is 0 Å². The molecular formula is C17H29N3O2. The van der Waals surface area contributed by atoms with E-state index in [4.69, 9.17) is 5.73 Å². The molecule has 22 heavy (non-hydrogen) atoms. The molecule has 0 unspecified atom stereocenters. The first-order valence-corrected chi connectivity index (χ1v) is 7.82. The Morgan fingerprint density at radius 2 is 1.91 bits per heavy atom. The van der Waals surface area contributed by atoms with Gasteiger partial charge in [-0.3, -0.25) is 9.59 Å². The zero-order chi connectivity index (χ0) is 17.1. The molecule has 0 saturated heterocycles. The van der Waals surface area contributed by atoms with Crippen molar-refractivity contribution < 1.29 is 9.59 Å². The number of amides is 1. The van der Waals surface area contributed by atoms with E-state index < -0.39 is 0 Å². The molecule has 3 N–H and O–H groups in total. The lowest BCUT2D eigenvalue weighted by atomic mass is 9.93. The van der Waals surface area contributed by atoms with Gasteiger partial charge >= 0.3 is 0 Å². The summed E-state index contributed by atoms with van der Waals surface area (Å²) in [4.78, 5) is 29.4. The van der Waals surface area contributed by atoms with E-state index in [1.807, 2.05) is 27.7 Å². The fourth-order valence-electron chi connectivity index (χ4n) is 2.81. The summed E-state index contributed by atoms with van der Waals surface area (Å²) >= 11 is 0. The Morgan fingerprint density at radius 3 is 2.36 bits per heavy atom. The normalized spacial score (nSPS) is 11.6.